The Kier molecular flexibility index (Phi) is 3.98. The highest BCUT2D eigenvalue weighted by atomic mass is 79.9. The van der Waals surface area contributed by atoms with Crippen LogP contribution in [0.2, 0.25) is 0 Å². The van der Waals surface area contributed by atoms with Crippen molar-refractivity contribution in [1.29, 1.82) is 0 Å². The lowest BCUT2D eigenvalue weighted by atomic mass is 10.2. The van der Waals surface area contributed by atoms with Crippen LogP contribution in [0.15, 0.2) is 9.27 Å². The Labute approximate surface area is 104 Å². The molecule has 0 saturated heterocycles. The molecule has 0 amide bonds. The Bertz CT molecular complexity index is 484. The molecule has 96 valence electrons. The van der Waals surface area contributed by atoms with Crippen molar-refractivity contribution < 1.29 is 13.2 Å². The highest BCUT2D eigenvalue weighted by molar-refractivity contribution is 9.10. The van der Waals surface area contributed by atoms with Crippen molar-refractivity contribution in [2.75, 3.05) is 6.54 Å². The molecule has 1 aromatic heterocycles. The molecule has 1 unspecified atom stereocenters. The molecule has 2 N–H and O–H groups in total. The van der Waals surface area contributed by atoms with E-state index in [0.29, 0.717) is 14.7 Å². The van der Waals surface area contributed by atoms with E-state index >= 15 is 0 Å². The first-order valence-corrected chi connectivity index (χ1v) is 5.51. The standard InChI is InChI=1S/C9H11BrF3N3O/c1-4-7(10)5(2)16(8(17)15-4)6(3-14)9(11,12)13/h6H,3,14H2,1-2H3. The molecule has 0 aliphatic rings. The van der Waals surface area contributed by atoms with Crippen LogP contribution in [0.5, 0.6) is 0 Å². The first-order valence-electron chi connectivity index (χ1n) is 4.72. The molecule has 0 aliphatic carbocycles. The fourth-order valence-corrected chi connectivity index (χ4v) is 1.79. The first kappa shape index (κ1) is 14.2. The minimum atomic E-state index is -4.58. The number of halogens is 4. The van der Waals surface area contributed by atoms with Crippen molar-refractivity contribution in [3.8, 4) is 0 Å². The summed E-state index contributed by atoms with van der Waals surface area (Å²) in [5.74, 6) is 0. The van der Waals surface area contributed by atoms with Gasteiger partial charge in [-0.15, -0.1) is 0 Å². The normalized spacial score (nSPS) is 13.8. The summed E-state index contributed by atoms with van der Waals surface area (Å²) in [5, 5.41) is 0. The van der Waals surface area contributed by atoms with Crippen LogP contribution in [0.4, 0.5) is 13.2 Å². The SMILES string of the molecule is Cc1nc(=O)n(C(CN)C(F)(F)F)c(C)c1Br. The summed E-state index contributed by atoms with van der Waals surface area (Å²) >= 11 is 3.10. The molecule has 1 rings (SSSR count). The molecule has 0 saturated carbocycles. The van der Waals surface area contributed by atoms with Gasteiger partial charge in [-0.3, -0.25) is 4.57 Å². The average Bonchev–Trinajstić information content (AvgIpc) is 2.19. The molecule has 0 radical (unpaired) electrons. The third-order valence-electron chi connectivity index (χ3n) is 2.38. The van der Waals surface area contributed by atoms with Gasteiger partial charge in [-0.05, 0) is 29.8 Å². The predicted molar refractivity (Wildman–Crippen MR) is 59.8 cm³/mol. The van der Waals surface area contributed by atoms with Crippen LogP contribution in [-0.4, -0.2) is 22.3 Å². The van der Waals surface area contributed by atoms with E-state index in [9.17, 15) is 18.0 Å². The van der Waals surface area contributed by atoms with Crippen LogP contribution in [0, 0.1) is 13.8 Å². The Morgan fingerprint density at radius 1 is 1.47 bits per heavy atom. The van der Waals surface area contributed by atoms with Crippen LogP contribution in [0.1, 0.15) is 17.4 Å². The lowest BCUT2D eigenvalue weighted by Gasteiger charge is -2.23. The molecule has 8 heteroatoms. The Morgan fingerprint density at radius 2 is 2.00 bits per heavy atom. The number of nitrogens with zero attached hydrogens (tertiary/aromatic N) is 2. The second-order valence-electron chi connectivity index (χ2n) is 3.54. The van der Waals surface area contributed by atoms with Crippen LogP contribution >= 0.6 is 15.9 Å². The highest BCUT2D eigenvalue weighted by Crippen LogP contribution is 2.31. The van der Waals surface area contributed by atoms with Gasteiger partial charge in [0.05, 0.1) is 10.2 Å². The molecule has 17 heavy (non-hydrogen) atoms. The third-order valence-corrected chi connectivity index (χ3v) is 3.53. The molecule has 1 atom stereocenters. The van der Waals surface area contributed by atoms with Gasteiger partial charge in [0.1, 0.15) is 6.04 Å². The summed E-state index contributed by atoms with van der Waals surface area (Å²) < 4.78 is 39.1. The Morgan fingerprint density at radius 3 is 2.41 bits per heavy atom. The number of hydrogen-bond donors (Lipinski definition) is 1. The largest absolute Gasteiger partial charge is 0.410 e. The van der Waals surface area contributed by atoms with Gasteiger partial charge in [0.15, 0.2) is 0 Å². The van der Waals surface area contributed by atoms with Crippen LogP contribution in [0.3, 0.4) is 0 Å². The topological polar surface area (TPSA) is 60.9 Å². The summed E-state index contributed by atoms with van der Waals surface area (Å²) in [6.07, 6.45) is -4.58. The van der Waals surface area contributed by atoms with E-state index in [1.165, 1.54) is 13.8 Å². The summed E-state index contributed by atoms with van der Waals surface area (Å²) in [6, 6.07) is -2.06. The lowest BCUT2D eigenvalue weighted by molar-refractivity contribution is -0.166. The molecule has 0 spiro atoms. The minimum Gasteiger partial charge on any atom is -0.328 e. The molecule has 0 fully saturated rings. The highest BCUT2D eigenvalue weighted by Gasteiger charge is 2.41. The van der Waals surface area contributed by atoms with Crippen molar-refractivity contribution >= 4 is 15.9 Å². The fraction of sp³-hybridized carbons (Fsp3) is 0.556. The van der Waals surface area contributed by atoms with E-state index in [0.717, 1.165) is 0 Å². The van der Waals surface area contributed by atoms with Gasteiger partial charge in [0.2, 0.25) is 0 Å². The Balaban J connectivity index is 3.51. The fourth-order valence-electron chi connectivity index (χ4n) is 1.51. The van der Waals surface area contributed by atoms with Gasteiger partial charge in [-0.1, -0.05) is 0 Å². The van der Waals surface area contributed by atoms with Crippen molar-refractivity contribution in [2.24, 2.45) is 5.73 Å². The average molecular weight is 314 g/mol. The number of nitrogens with two attached hydrogens (primary N) is 1. The molecular weight excluding hydrogens is 303 g/mol. The second kappa shape index (κ2) is 4.77. The zero-order chi connectivity index (χ0) is 13.4. The summed E-state index contributed by atoms with van der Waals surface area (Å²) in [4.78, 5) is 15.1. The summed E-state index contributed by atoms with van der Waals surface area (Å²) in [5.41, 5.74) is 4.66. The molecule has 4 nitrogen and oxygen atoms in total. The van der Waals surface area contributed by atoms with E-state index in [2.05, 4.69) is 20.9 Å². The van der Waals surface area contributed by atoms with Crippen molar-refractivity contribution in [3.63, 3.8) is 0 Å². The number of aromatic nitrogens is 2. The number of rotatable bonds is 2. The molecule has 0 aromatic carbocycles. The molecule has 0 aliphatic heterocycles. The monoisotopic (exact) mass is 313 g/mol. The van der Waals surface area contributed by atoms with Gasteiger partial charge >= 0.3 is 11.9 Å². The lowest BCUT2D eigenvalue weighted by Crippen LogP contribution is -2.41. The van der Waals surface area contributed by atoms with Gasteiger partial charge in [-0.25, -0.2) is 4.79 Å². The number of hydrogen-bond acceptors (Lipinski definition) is 3. The molecule has 1 heterocycles. The summed E-state index contributed by atoms with van der Waals surface area (Å²) in [7, 11) is 0. The zero-order valence-corrected chi connectivity index (χ0v) is 10.8. The van der Waals surface area contributed by atoms with Crippen molar-refractivity contribution in [3.05, 3.63) is 26.3 Å². The zero-order valence-electron chi connectivity index (χ0n) is 9.18. The van der Waals surface area contributed by atoms with Crippen molar-refractivity contribution in [1.82, 2.24) is 9.55 Å². The first-order chi connectivity index (χ1) is 7.70. The van der Waals surface area contributed by atoms with E-state index < -0.39 is 24.5 Å². The number of alkyl halides is 3. The van der Waals surface area contributed by atoms with Crippen LogP contribution in [-0.2, 0) is 0 Å². The maximum atomic E-state index is 12.7. The van der Waals surface area contributed by atoms with Crippen LogP contribution in [0.25, 0.3) is 0 Å². The maximum absolute atomic E-state index is 12.7. The van der Waals surface area contributed by atoms with Gasteiger partial charge < -0.3 is 5.73 Å². The summed E-state index contributed by atoms with van der Waals surface area (Å²) in [6.45, 7) is 2.24. The Hall–Kier alpha value is -0.890. The van der Waals surface area contributed by atoms with E-state index in [4.69, 9.17) is 5.73 Å². The smallest absolute Gasteiger partial charge is 0.328 e. The van der Waals surface area contributed by atoms with E-state index in [1.807, 2.05) is 0 Å². The molecule has 0 bridgehead atoms. The van der Waals surface area contributed by atoms with Crippen molar-refractivity contribution in [2.45, 2.75) is 26.1 Å². The van der Waals surface area contributed by atoms with Gasteiger partial charge in [0, 0.05) is 12.2 Å². The van der Waals surface area contributed by atoms with E-state index in [1.54, 1.807) is 0 Å². The molecular formula is C9H11BrF3N3O. The maximum Gasteiger partial charge on any atom is 0.410 e. The number of aryl methyl sites for hydroxylation is 1. The third kappa shape index (κ3) is 2.68. The van der Waals surface area contributed by atoms with Gasteiger partial charge in [-0.2, -0.15) is 18.2 Å². The van der Waals surface area contributed by atoms with Crippen LogP contribution < -0.4 is 11.4 Å². The van der Waals surface area contributed by atoms with E-state index in [-0.39, 0.29) is 5.69 Å². The van der Waals surface area contributed by atoms with Gasteiger partial charge in [0.25, 0.3) is 0 Å². The second-order valence-corrected chi connectivity index (χ2v) is 4.34. The predicted octanol–water partition coefficient (Wildman–Crippen LogP) is 1.68. The quantitative estimate of drug-likeness (QED) is 0.903. The molecule has 1 aromatic rings. The minimum absolute atomic E-state index is 0.162.